The van der Waals surface area contributed by atoms with E-state index in [-0.39, 0.29) is 11.1 Å². The number of carbonyl (C=O) groups is 1. The normalized spacial score (nSPS) is 15.7. The van der Waals surface area contributed by atoms with Gasteiger partial charge in [0.25, 0.3) is 0 Å². The third kappa shape index (κ3) is 2.73. The van der Waals surface area contributed by atoms with Crippen LogP contribution in [0.25, 0.3) is 0 Å². The van der Waals surface area contributed by atoms with Crippen molar-refractivity contribution in [3.63, 3.8) is 0 Å². The molecule has 2 aromatic rings. The molecule has 0 aliphatic heterocycles. The van der Waals surface area contributed by atoms with E-state index in [1.807, 2.05) is 19.1 Å². The monoisotopic (exact) mass is 298 g/mol. The van der Waals surface area contributed by atoms with Gasteiger partial charge in [-0.1, -0.05) is 60.7 Å². The lowest BCUT2D eigenvalue weighted by molar-refractivity contribution is -0.143. The van der Waals surface area contributed by atoms with Gasteiger partial charge in [0, 0.05) is 0 Å². The number of carbonyl (C=O) groups excluding carboxylic acids is 1. The molecule has 0 saturated heterocycles. The Morgan fingerprint density at radius 1 is 1.00 bits per heavy atom. The zero-order valence-electron chi connectivity index (χ0n) is 12.2. The van der Waals surface area contributed by atoms with Gasteiger partial charge >= 0.3 is 5.97 Å². The summed E-state index contributed by atoms with van der Waals surface area (Å²) in [6.07, 6.45) is 1.86. The maximum atomic E-state index is 12.5. The Bertz CT molecular complexity index is 566. The second-order valence-corrected chi connectivity index (χ2v) is 7.82. The molecule has 21 heavy (non-hydrogen) atoms. The fourth-order valence-electron chi connectivity index (χ4n) is 2.70. The van der Waals surface area contributed by atoms with E-state index in [1.165, 1.54) is 10.6 Å². The maximum Gasteiger partial charge on any atom is 0.317 e. The first-order chi connectivity index (χ1) is 10.3. The molecule has 3 heteroatoms. The smallest absolute Gasteiger partial charge is 0.317 e. The van der Waals surface area contributed by atoms with Crippen molar-refractivity contribution in [1.82, 2.24) is 0 Å². The van der Waals surface area contributed by atoms with Crippen molar-refractivity contribution >= 4 is 24.5 Å². The van der Waals surface area contributed by atoms with Crippen LogP contribution < -0.4 is 10.6 Å². The van der Waals surface area contributed by atoms with Crippen molar-refractivity contribution in [3.8, 4) is 0 Å². The van der Waals surface area contributed by atoms with Crippen LogP contribution in [0.1, 0.15) is 19.8 Å². The molecular formula is C18H19O2P. The third-order valence-corrected chi connectivity index (χ3v) is 6.95. The molecule has 1 aliphatic carbocycles. The molecule has 0 atom stereocenters. The molecule has 2 aromatic carbocycles. The van der Waals surface area contributed by atoms with Crippen LogP contribution in [0.3, 0.4) is 0 Å². The highest BCUT2D eigenvalue weighted by atomic mass is 31.1. The zero-order chi connectivity index (χ0) is 14.7. The molecule has 0 bridgehead atoms. The van der Waals surface area contributed by atoms with Crippen molar-refractivity contribution < 1.29 is 9.53 Å². The van der Waals surface area contributed by atoms with Gasteiger partial charge < -0.3 is 4.74 Å². The summed E-state index contributed by atoms with van der Waals surface area (Å²) in [7, 11) is -0.709. The van der Waals surface area contributed by atoms with Gasteiger partial charge in [-0.2, -0.15) is 0 Å². The summed E-state index contributed by atoms with van der Waals surface area (Å²) in [6.45, 7) is 2.33. The fraction of sp³-hybridized carbons (Fsp3) is 0.278. The lowest BCUT2D eigenvalue weighted by Gasteiger charge is -2.26. The molecule has 1 saturated carbocycles. The van der Waals surface area contributed by atoms with E-state index in [4.69, 9.17) is 4.74 Å². The topological polar surface area (TPSA) is 26.3 Å². The van der Waals surface area contributed by atoms with Crippen molar-refractivity contribution in [2.24, 2.45) is 0 Å². The highest BCUT2D eigenvalue weighted by Crippen LogP contribution is 2.63. The van der Waals surface area contributed by atoms with E-state index in [9.17, 15) is 4.79 Å². The summed E-state index contributed by atoms with van der Waals surface area (Å²) in [5, 5.41) is 2.20. The van der Waals surface area contributed by atoms with Crippen molar-refractivity contribution in [3.05, 3.63) is 60.7 Å². The first kappa shape index (κ1) is 14.3. The summed E-state index contributed by atoms with van der Waals surface area (Å²) in [5.74, 6) is -0.0242. The Balaban J connectivity index is 2.04. The molecule has 2 nitrogen and oxygen atoms in total. The minimum Gasteiger partial charge on any atom is -0.465 e. The summed E-state index contributed by atoms with van der Waals surface area (Å²) in [6, 6.07) is 20.8. The zero-order valence-corrected chi connectivity index (χ0v) is 13.1. The fourth-order valence-corrected chi connectivity index (χ4v) is 5.73. The molecule has 0 radical (unpaired) electrons. The predicted octanol–water partition coefficient (Wildman–Crippen LogP) is 3.22. The van der Waals surface area contributed by atoms with Crippen LogP contribution in [-0.2, 0) is 9.53 Å². The first-order valence-electron chi connectivity index (χ1n) is 7.35. The lowest BCUT2D eigenvalue weighted by Crippen LogP contribution is -2.31. The minimum atomic E-state index is -0.709. The third-order valence-electron chi connectivity index (χ3n) is 3.84. The van der Waals surface area contributed by atoms with Gasteiger partial charge in [-0.05, 0) is 38.3 Å². The Hall–Kier alpha value is -1.66. The van der Waals surface area contributed by atoms with E-state index in [2.05, 4.69) is 48.5 Å². The van der Waals surface area contributed by atoms with Gasteiger partial charge in [-0.25, -0.2) is 0 Å². The Labute approximate surface area is 126 Å². The van der Waals surface area contributed by atoms with E-state index in [0.717, 1.165) is 12.8 Å². The Kier molecular flexibility index (Phi) is 4.07. The van der Waals surface area contributed by atoms with Gasteiger partial charge in [0.15, 0.2) is 0 Å². The second-order valence-electron chi connectivity index (χ2n) is 5.26. The van der Waals surface area contributed by atoms with Crippen LogP contribution in [0.5, 0.6) is 0 Å². The average molecular weight is 298 g/mol. The molecule has 0 aromatic heterocycles. The van der Waals surface area contributed by atoms with E-state index in [0.29, 0.717) is 6.61 Å². The molecule has 3 rings (SSSR count). The van der Waals surface area contributed by atoms with Crippen LogP contribution >= 0.6 is 7.92 Å². The SMILES string of the molecule is CCOC(=O)C1(P(c2ccccc2)c2ccccc2)CC1. The number of benzene rings is 2. The number of rotatable bonds is 5. The van der Waals surface area contributed by atoms with Gasteiger partial charge in [-0.3, -0.25) is 4.79 Å². The standard InChI is InChI=1S/C18H19O2P/c1-2-20-17(19)18(13-14-18)21(15-9-5-3-6-10-15)16-11-7-4-8-12-16/h3-12H,2,13-14H2,1H3. The molecule has 0 unspecified atom stereocenters. The van der Waals surface area contributed by atoms with E-state index in [1.54, 1.807) is 0 Å². The van der Waals surface area contributed by atoms with E-state index >= 15 is 0 Å². The first-order valence-corrected chi connectivity index (χ1v) is 8.69. The van der Waals surface area contributed by atoms with Crippen LogP contribution in [0.2, 0.25) is 0 Å². The molecule has 0 amide bonds. The number of esters is 1. The molecule has 1 aliphatic rings. The van der Waals surface area contributed by atoms with Crippen molar-refractivity contribution in [2.45, 2.75) is 24.9 Å². The molecule has 0 N–H and O–H groups in total. The van der Waals surface area contributed by atoms with Gasteiger partial charge in [0.2, 0.25) is 0 Å². The number of ether oxygens (including phenoxy) is 1. The molecule has 1 fully saturated rings. The largest absolute Gasteiger partial charge is 0.465 e. The van der Waals surface area contributed by atoms with Crippen molar-refractivity contribution in [2.75, 3.05) is 6.61 Å². The number of hydrogen-bond donors (Lipinski definition) is 0. The highest BCUT2D eigenvalue weighted by Gasteiger charge is 2.57. The summed E-state index contributed by atoms with van der Waals surface area (Å²) < 4.78 is 5.37. The lowest BCUT2D eigenvalue weighted by atomic mass is 10.4. The van der Waals surface area contributed by atoms with Gasteiger partial charge in [0.05, 0.1) is 11.8 Å². The van der Waals surface area contributed by atoms with Gasteiger partial charge in [0.1, 0.15) is 0 Å². The molecule has 0 spiro atoms. The van der Waals surface area contributed by atoms with Crippen LogP contribution in [-0.4, -0.2) is 17.7 Å². The summed E-state index contributed by atoms with van der Waals surface area (Å²) >= 11 is 0. The Morgan fingerprint density at radius 2 is 1.48 bits per heavy atom. The molecule has 0 heterocycles. The summed E-state index contributed by atoms with van der Waals surface area (Å²) in [4.78, 5) is 12.5. The quantitative estimate of drug-likeness (QED) is 0.626. The summed E-state index contributed by atoms with van der Waals surface area (Å²) in [5.41, 5.74) is 0. The van der Waals surface area contributed by atoms with Crippen LogP contribution in [0.15, 0.2) is 60.7 Å². The van der Waals surface area contributed by atoms with Crippen LogP contribution in [0.4, 0.5) is 0 Å². The van der Waals surface area contributed by atoms with E-state index < -0.39 is 7.92 Å². The molecule has 108 valence electrons. The number of hydrogen-bond acceptors (Lipinski definition) is 2. The van der Waals surface area contributed by atoms with Crippen molar-refractivity contribution in [1.29, 1.82) is 0 Å². The Morgan fingerprint density at radius 3 is 1.86 bits per heavy atom. The molecular weight excluding hydrogens is 279 g/mol. The predicted molar refractivity (Wildman–Crippen MR) is 87.7 cm³/mol. The average Bonchev–Trinajstić information content (AvgIpc) is 3.32. The maximum absolute atomic E-state index is 12.5. The highest BCUT2D eigenvalue weighted by molar-refractivity contribution is 7.75. The minimum absolute atomic E-state index is 0.0242. The van der Waals surface area contributed by atoms with Crippen LogP contribution in [0, 0.1) is 0 Å². The second kappa shape index (κ2) is 5.99. The van der Waals surface area contributed by atoms with Gasteiger partial charge in [-0.15, -0.1) is 0 Å².